The Labute approximate surface area is 109 Å². The summed E-state index contributed by atoms with van der Waals surface area (Å²) in [6.45, 7) is 1.28. The lowest BCUT2D eigenvalue weighted by Gasteiger charge is -2.33. The summed E-state index contributed by atoms with van der Waals surface area (Å²) in [5, 5.41) is 10.8. The van der Waals surface area contributed by atoms with Gasteiger partial charge in [0.25, 0.3) is 0 Å². The van der Waals surface area contributed by atoms with Gasteiger partial charge in [-0.2, -0.15) is 0 Å². The van der Waals surface area contributed by atoms with Crippen molar-refractivity contribution in [3.63, 3.8) is 0 Å². The first-order valence-corrected chi connectivity index (χ1v) is 6.80. The molecule has 1 unspecified atom stereocenters. The molecule has 0 saturated carbocycles. The van der Waals surface area contributed by atoms with E-state index < -0.39 is 5.97 Å². The molecule has 1 aliphatic rings. The van der Waals surface area contributed by atoms with Crippen LogP contribution in [0.4, 0.5) is 0 Å². The lowest BCUT2D eigenvalue weighted by molar-refractivity contribution is -0.124. The van der Waals surface area contributed by atoms with E-state index in [2.05, 4.69) is 0 Å². The number of amides is 1. The molecule has 18 heavy (non-hydrogen) atoms. The molecule has 0 aromatic carbocycles. The van der Waals surface area contributed by atoms with Crippen LogP contribution in [0.3, 0.4) is 0 Å². The number of carboxylic acids is 1. The normalized spacial score (nSPS) is 20.8. The highest BCUT2D eigenvalue weighted by Crippen LogP contribution is 2.23. The van der Waals surface area contributed by atoms with Gasteiger partial charge in [-0.05, 0) is 36.4 Å². The molecule has 98 valence electrons. The number of likely N-dealkylation sites (tertiary alicyclic amines) is 1. The predicted molar refractivity (Wildman–Crippen MR) is 68.5 cm³/mol. The molecule has 2 heterocycles. The molecule has 1 aliphatic heterocycles. The third-order valence-electron chi connectivity index (χ3n) is 3.26. The summed E-state index contributed by atoms with van der Waals surface area (Å²) < 4.78 is 0. The number of aromatic carboxylic acids is 1. The molecule has 2 rings (SSSR count). The lowest BCUT2D eigenvalue weighted by atomic mass is 10.0. The maximum atomic E-state index is 11.4. The number of carbonyl (C=O) groups excluding carboxylic acids is 1. The highest BCUT2D eigenvalue weighted by molar-refractivity contribution is 7.12. The van der Waals surface area contributed by atoms with Gasteiger partial charge in [-0.15, -0.1) is 11.3 Å². The average Bonchev–Trinajstić information content (AvgIpc) is 2.77. The Morgan fingerprint density at radius 1 is 1.50 bits per heavy atom. The molecule has 1 aromatic heterocycles. The van der Waals surface area contributed by atoms with Gasteiger partial charge < -0.3 is 10.8 Å². The van der Waals surface area contributed by atoms with Gasteiger partial charge in [0.15, 0.2) is 0 Å². The van der Waals surface area contributed by atoms with E-state index >= 15 is 0 Å². The second-order valence-corrected chi connectivity index (χ2v) is 5.38. The van der Waals surface area contributed by atoms with Gasteiger partial charge in [-0.25, -0.2) is 4.79 Å². The molecule has 1 saturated heterocycles. The number of hydrogen-bond acceptors (Lipinski definition) is 4. The van der Waals surface area contributed by atoms with Gasteiger partial charge in [0.1, 0.15) is 4.88 Å². The monoisotopic (exact) mass is 268 g/mol. The Bertz CT molecular complexity index is 458. The summed E-state index contributed by atoms with van der Waals surface area (Å²) in [4.78, 5) is 24.8. The first-order valence-electron chi connectivity index (χ1n) is 5.92. The van der Waals surface area contributed by atoms with Crippen LogP contribution in [-0.4, -0.2) is 34.5 Å². The minimum Gasteiger partial charge on any atom is -0.477 e. The molecule has 1 fully saturated rings. The molecule has 0 radical (unpaired) electrons. The van der Waals surface area contributed by atoms with Crippen molar-refractivity contribution in [2.24, 2.45) is 5.73 Å². The SMILES string of the molecule is NC(=O)C1CCCCN1Cc1ccsc1C(=O)O. The number of thiophene rings is 1. The van der Waals surface area contributed by atoms with E-state index in [1.54, 1.807) is 11.4 Å². The van der Waals surface area contributed by atoms with Crippen LogP contribution in [0, 0.1) is 0 Å². The summed E-state index contributed by atoms with van der Waals surface area (Å²) in [7, 11) is 0. The Hall–Kier alpha value is -1.40. The zero-order valence-electron chi connectivity index (χ0n) is 9.96. The van der Waals surface area contributed by atoms with Crippen LogP contribution in [0.25, 0.3) is 0 Å². The van der Waals surface area contributed by atoms with Gasteiger partial charge in [-0.3, -0.25) is 9.69 Å². The van der Waals surface area contributed by atoms with Crippen molar-refractivity contribution in [2.75, 3.05) is 6.54 Å². The highest BCUT2D eigenvalue weighted by Gasteiger charge is 2.28. The lowest BCUT2D eigenvalue weighted by Crippen LogP contribution is -2.47. The Morgan fingerprint density at radius 3 is 2.94 bits per heavy atom. The molecule has 1 aromatic rings. The van der Waals surface area contributed by atoms with Gasteiger partial charge in [0.2, 0.25) is 5.91 Å². The average molecular weight is 268 g/mol. The number of nitrogens with zero attached hydrogens (tertiary/aromatic N) is 1. The number of piperidine rings is 1. The van der Waals surface area contributed by atoms with Crippen LogP contribution in [0.2, 0.25) is 0 Å². The maximum Gasteiger partial charge on any atom is 0.346 e. The van der Waals surface area contributed by atoms with Gasteiger partial charge in [-0.1, -0.05) is 6.42 Å². The predicted octanol–water partition coefficient (Wildman–Crippen LogP) is 1.29. The van der Waals surface area contributed by atoms with Crippen LogP contribution in [0.5, 0.6) is 0 Å². The number of nitrogens with two attached hydrogens (primary N) is 1. The second-order valence-electron chi connectivity index (χ2n) is 4.46. The molecule has 0 spiro atoms. The van der Waals surface area contributed by atoms with Gasteiger partial charge in [0.05, 0.1) is 6.04 Å². The summed E-state index contributed by atoms with van der Waals surface area (Å²) in [6, 6.07) is 1.54. The molecule has 0 bridgehead atoms. The fourth-order valence-electron chi connectivity index (χ4n) is 2.37. The Morgan fingerprint density at radius 2 is 2.28 bits per heavy atom. The molecule has 1 amide bonds. The van der Waals surface area contributed by atoms with E-state index in [-0.39, 0.29) is 11.9 Å². The molecule has 1 atom stereocenters. The molecular formula is C12H16N2O3S. The standard InChI is InChI=1S/C12H16N2O3S/c13-11(15)9-3-1-2-5-14(9)7-8-4-6-18-10(8)12(16)17/h4,6,9H,1-3,5,7H2,(H2,13,15)(H,16,17). The van der Waals surface area contributed by atoms with Crippen LogP contribution in [-0.2, 0) is 11.3 Å². The quantitative estimate of drug-likeness (QED) is 0.861. The smallest absolute Gasteiger partial charge is 0.346 e. The Kier molecular flexibility index (Phi) is 3.98. The fourth-order valence-corrected chi connectivity index (χ4v) is 3.12. The number of carbonyl (C=O) groups is 2. The minimum atomic E-state index is -0.910. The number of primary amides is 1. The van der Waals surface area contributed by atoms with E-state index in [1.165, 1.54) is 11.3 Å². The van der Waals surface area contributed by atoms with Crippen LogP contribution >= 0.6 is 11.3 Å². The van der Waals surface area contributed by atoms with Gasteiger partial charge >= 0.3 is 5.97 Å². The molecule has 5 nitrogen and oxygen atoms in total. The fraction of sp³-hybridized carbons (Fsp3) is 0.500. The van der Waals surface area contributed by atoms with Crippen molar-refractivity contribution in [2.45, 2.75) is 31.8 Å². The molecule has 0 aliphatic carbocycles. The molecule has 3 N–H and O–H groups in total. The zero-order chi connectivity index (χ0) is 13.1. The van der Waals surface area contributed by atoms with E-state index in [0.717, 1.165) is 31.4 Å². The van der Waals surface area contributed by atoms with Crippen molar-refractivity contribution in [3.05, 3.63) is 21.9 Å². The van der Waals surface area contributed by atoms with Crippen molar-refractivity contribution in [1.82, 2.24) is 4.90 Å². The topological polar surface area (TPSA) is 83.6 Å². The summed E-state index contributed by atoms with van der Waals surface area (Å²) in [5.74, 6) is -1.23. The van der Waals surface area contributed by atoms with Gasteiger partial charge in [0, 0.05) is 6.54 Å². The number of carboxylic acid groups (broad SMARTS) is 1. The number of hydrogen-bond donors (Lipinski definition) is 2. The first-order chi connectivity index (χ1) is 8.59. The van der Waals surface area contributed by atoms with E-state index in [1.807, 2.05) is 4.90 Å². The zero-order valence-corrected chi connectivity index (χ0v) is 10.8. The largest absolute Gasteiger partial charge is 0.477 e. The third kappa shape index (κ3) is 2.70. The number of rotatable bonds is 4. The van der Waals surface area contributed by atoms with Crippen LogP contribution in [0.1, 0.15) is 34.5 Å². The molecular weight excluding hydrogens is 252 g/mol. The van der Waals surface area contributed by atoms with Crippen molar-refractivity contribution in [1.29, 1.82) is 0 Å². The van der Waals surface area contributed by atoms with E-state index in [4.69, 9.17) is 10.8 Å². The minimum absolute atomic E-state index is 0.264. The van der Waals surface area contributed by atoms with Crippen LogP contribution < -0.4 is 5.73 Å². The van der Waals surface area contributed by atoms with Crippen molar-refractivity contribution < 1.29 is 14.7 Å². The summed E-state index contributed by atoms with van der Waals surface area (Å²) in [5.41, 5.74) is 6.15. The van der Waals surface area contributed by atoms with Crippen LogP contribution in [0.15, 0.2) is 11.4 Å². The maximum absolute atomic E-state index is 11.4. The Balaban J connectivity index is 2.13. The second kappa shape index (κ2) is 5.49. The van der Waals surface area contributed by atoms with Crippen molar-refractivity contribution in [3.8, 4) is 0 Å². The summed E-state index contributed by atoms with van der Waals surface area (Å²) in [6.07, 6.45) is 2.79. The van der Waals surface area contributed by atoms with E-state index in [0.29, 0.717) is 11.4 Å². The highest BCUT2D eigenvalue weighted by atomic mass is 32.1. The summed E-state index contributed by atoms with van der Waals surface area (Å²) >= 11 is 1.21. The van der Waals surface area contributed by atoms with Crippen molar-refractivity contribution >= 4 is 23.2 Å². The van der Waals surface area contributed by atoms with E-state index in [9.17, 15) is 9.59 Å². The first kappa shape index (κ1) is 13.0. The molecule has 6 heteroatoms. The third-order valence-corrected chi connectivity index (χ3v) is 4.20.